The molecule has 0 amide bonds. The van der Waals surface area contributed by atoms with Gasteiger partial charge in [-0.05, 0) is 52.5 Å². The summed E-state index contributed by atoms with van der Waals surface area (Å²) in [7, 11) is 1.70. The lowest BCUT2D eigenvalue weighted by Crippen LogP contribution is -2.28. The Morgan fingerprint density at radius 1 is 1.21 bits per heavy atom. The number of rotatable bonds is 8. The fraction of sp³-hybridized carbons (Fsp3) is 0.625. The molecule has 0 fully saturated rings. The number of halogens is 1. The van der Waals surface area contributed by atoms with Gasteiger partial charge in [0.05, 0.1) is 11.6 Å². The van der Waals surface area contributed by atoms with Gasteiger partial charge in [-0.1, -0.05) is 39.7 Å². The van der Waals surface area contributed by atoms with Crippen molar-refractivity contribution in [2.45, 2.75) is 46.1 Å². The summed E-state index contributed by atoms with van der Waals surface area (Å²) in [4.78, 5) is 0. The Hall–Kier alpha value is -0.540. The van der Waals surface area contributed by atoms with Crippen LogP contribution >= 0.6 is 15.9 Å². The van der Waals surface area contributed by atoms with Gasteiger partial charge in [-0.15, -0.1) is 0 Å². The summed E-state index contributed by atoms with van der Waals surface area (Å²) in [5.41, 5.74) is 1.34. The lowest BCUT2D eigenvalue weighted by atomic mass is 9.88. The van der Waals surface area contributed by atoms with Crippen molar-refractivity contribution in [2.75, 3.05) is 13.7 Å². The minimum atomic E-state index is 0.428. The van der Waals surface area contributed by atoms with Crippen molar-refractivity contribution in [2.24, 2.45) is 5.92 Å². The molecule has 108 valence electrons. The molecule has 0 saturated carbocycles. The zero-order chi connectivity index (χ0) is 14.3. The molecule has 19 heavy (non-hydrogen) atoms. The average Bonchev–Trinajstić information content (AvgIpc) is 2.43. The SMILES string of the molecule is CCCNC(c1ccc(OC)c(Br)c1)C(CC)CC. The number of hydrogen-bond donors (Lipinski definition) is 1. The molecule has 1 aromatic carbocycles. The zero-order valence-electron chi connectivity index (χ0n) is 12.5. The quantitative estimate of drug-likeness (QED) is 0.730. The monoisotopic (exact) mass is 327 g/mol. The molecule has 0 radical (unpaired) electrons. The summed E-state index contributed by atoms with van der Waals surface area (Å²) in [5.74, 6) is 1.56. The predicted octanol–water partition coefficient (Wildman–Crippen LogP) is 4.93. The highest BCUT2D eigenvalue weighted by Gasteiger charge is 2.20. The number of hydrogen-bond acceptors (Lipinski definition) is 2. The van der Waals surface area contributed by atoms with Gasteiger partial charge in [-0.3, -0.25) is 0 Å². The number of ether oxygens (including phenoxy) is 1. The van der Waals surface area contributed by atoms with E-state index in [1.54, 1.807) is 7.11 Å². The van der Waals surface area contributed by atoms with E-state index in [0.29, 0.717) is 12.0 Å². The molecule has 1 N–H and O–H groups in total. The van der Waals surface area contributed by atoms with Gasteiger partial charge >= 0.3 is 0 Å². The molecule has 0 saturated heterocycles. The maximum atomic E-state index is 5.31. The highest BCUT2D eigenvalue weighted by Crippen LogP contribution is 2.32. The molecule has 0 spiro atoms. The lowest BCUT2D eigenvalue weighted by Gasteiger charge is -2.27. The summed E-state index contributed by atoms with van der Waals surface area (Å²) in [6.45, 7) is 7.81. The highest BCUT2D eigenvalue weighted by molar-refractivity contribution is 9.10. The van der Waals surface area contributed by atoms with Crippen LogP contribution in [0.5, 0.6) is 5.75 Å². The van der Waals surface area contributed by atoms with Gasteiger partial charge < -0.3 is 10.1 Å². The molecule has 1 aromatic rings. The van der Waals surface area contributed by atoms with E-state index in [4.69, 9.17) is 4.74 Å². The summed E-state index contributed by atoms with van der Waals surface area (Å²) in [6, 6.07) is 6.83. The van der Waals surface area contributed by atoms with E-state index in [9.17, 15) is 0 Å². The maximum Gasteiger partial charge on any atom is 0.133 e. The van der Waals surface area contributed by atoms with Gasteiger partial charge in [-0.2, -0.15) is 0 Å². The molecule has 0 aliphatic heterocycles. The first-order valence-electron chi connectivity index (χ1n) is 7.24. The van der Waals surface area contributed by atoms with Gasteiger partial charge in [0.25, 0.3) is 0 Å². The summed E-state index contributed by atoms with van der Waals surface area (Å²) in [6.07, 6.45) is 3.55. The summed E-state index contributed by atoms with van der Waals surface area (Å²) in [5, 5.41) is 3.69. The van der Waals surface area contributed by atoms with Crippen molar-refractivity contribution in [3.63, 3.8) is 0 Å². The molecule has 3 heteroatoms. The van der Waals surface area contributed by atoms with Crippen LogP contribution < -0.4 is 10.1 Å². The standard InChI is InChI=1S/C16H26BrNO/c1-5-10-18-16(12(6-2)7-3)13-8-9-15(19-4)14(17)11-13/h8-9,11-12,16,18H,5-7,10H2,1-4H3. The minimum Gasteiger partial charge on any atom is -0.496 e. The van der Waals surface area contributed by atoms with Gasteiger partial charge in [0.2, 0.25) is 0 Å². The van der Waals surface area contributed by atoms with Crippen molar-refractivity contribution in [1.29, 1.82) is 0 Å². The van der Waals surface area contributed by atoms with Crippen molar-refractivity contribution in [3.8, 4) is 5.75 Å². The van der Waals surface area contributed by atoms with Crippen molar-refractivity contribution in [1.82, 2.24) is 5.32 Å². The second-order valence-corrected chi connectivity index (χ2v) is 5.76. The van der Waals surface area contributed by atoms with Gasteiger partial charge in [-0.25, -0.2) is 0 Å². The number of nitrogens with one attached hydrogen (secondary N) is 1. The van der Waals surface area contributed by atoms with E-state index in [0.717, 1.165) is 23.2 Å². The molecule has 0 aliphatic rings. The van der Waals surface area contributed by atoms with Crippen LogP contribution in [-0.4, -0.2) is 13.7 Å². The number of methoxy groups -OCH3 is 1. The van der Waals surface area contributed by atoms with Crippen LogP contribution in [0.25, 0.3) is 0 Å². The van der Waals surface area contributed by atoms with Crippen LogP contribution in [0.4, 0.5) is 0 Å². The number of benzene rings is 1. The van der Waals surface area contributed by atoms with Crippen molar-refractivity contribution < 1.29 is 4.74 Å². The molecular weight excluding hydrogens is 302 g/mol. The minimum absolute atomic E-state index is 0.428. The highest BCUT2D eigenvalue weighted by atomic mass is 79.9. The van der Waals surface area contributed by atoms with E-state index in [1.807, 2.05) is 6.07 Å². The van der Waals surface area contributed by atoms with Crippen LogP contribution in [0.15, 0.2) is 22.7 Å². The third kappa shape index (κ3) is 4.50. The van der Waals surface area contributed by atoms with Crippen LogP contribution in [0, 0.1) is 5.92 Å². The van der Waals surface area contributed by atoms with Crippen molar-refractivity contribution >= 4 is 15.9 Å². The van der Waals surface area contributed by atoms with Crippen LogP contribution in [0.1, 0.15) is 51.6 Å². The van der Waals surface area contributed by atoms with E-state index >= 15 is 0 Å². The molecule has 1 unspecified atom stereocenters. The Balaban J connectivity index is 2.98. The molecular formula is C16H26BrNO. The fourth-order valence-electron chi connectivity index (χ4n) is 2.49. The van der Waals surface area contributed by atoms with Crippen LogP contribution in [0.2, 0.25) is 0 Å². The first-order valence-corrected chi connectivity index (χ1v) is 8.03. The van der Waals surface area contributed by atoms with Gasteiger partial charge in [0.1, 0.15) is 5.75 Å². The van der Waals surface area contributed by atoms with Gasteiger partial charge in [0, 0.05) is 6.04 Å². The Kier molecular flexibility index (Phi) is 7.47. The Morgan fingerprint density at radius 3 is 2.37 bits per heavy atom. The van der Waals surface area contributed by atoms with E-state index < -0.39 is 0 Å². The average molecular weight is 328 g/mol. The third-order valence-electron chi connectivity index (χ3n) is 3.67. The Bertz CT molecular complexity index is 377. The first-order chi connectivity index (χ1) is 9.17. The Labute approximate surface area is 126 Å². The normalized spacial score (nSPS) is 12.7. The molecule has 0 aromatic heterocycles. The van der Waals surface area contributed by atoms with Crippen LogP contribution in [0.3, 0.4) is 0 Å². The van der Waals surface area contributed by atoms with Crippen molar-refractivity contribution in [3.05, 3.63) is 28.2 Å². The molecule has 0 aliphatic carbocycles. The molecule has 1 rings (SSSR count). The second kappa shape index (κ2) is 8.60. The smallest absolute Gasteiger partial charge is 0.133 e. The summed E-state index contributed by atoms with van der Waals surface area (Å²) >= 11 is 3.58. The zero-order valence-corrected chi connectivity index (χ0v) is 14.1. The molecule has 0 bridgehead atoms. The second-order valence-electron chi connectivity index (χ2n) is 4.90. The largest absolute Gasteiger partial charge is 0.496 e. The molecule has 0 heterocycles. The lowest BCUT2D eigenvalue weighted by molar-refractivity contribution is 0.341. The molecule has 2 nitrogen and oxygen atoms in total. The predicted molar refractivity (Wildman–Crippen MR) is 85.8 cm³/mol. The topological polar surface area (TPSA) is 21.3 Å². The first kappa shape index (κ1) is 16.5. The Morgan fingerprint density at radius 2 is 1.89 bits per heavy atom. The molecule has 1 atom stereocenters. The third-order valence-corrected chi connectivity index (χ3v) is 4.29. The maximum absolute atomic E-state index is 5.31. The van der Waals surface area contributed by atoms with E-state index in [-0.39, 0.29) is 0 Å². The van der Waals surface area contributed by atoms with Gasteiger partial charge in [0.15, 0.2) is 0 Å². The summed E-state index contributed by atoms with van der Waals surface area (Å²) < 4.78 is 6.34. The van der Waals surface area contributed by atoms with E-state index in [1.165, 1.54) is 18.4 Å². The van der Waals surface area contributed by atoms with E-state index in [2.05, 4.69) is 54.2 Å². The van der Waals surface area contributed by atoms with Crippen LogP contribution in [-0.2, 0) is 0 Å². The fourth-order valence-corrected chi connectivity index (χ4v) is 3.05.